The standard InChI is InChI=1S/C17H17BrN2O5S/c1-12(21)13-2-4-14(5-3-13)26(23,24)20-10-8-19(9-11-20)17(22)15-6-7-16(18)25-15/h2-7H,8-11H2,1H3. The molecule has 26 heavy (non-hydrogen) atoms. The van der Waals surface area contributed by atoms with Crippen molar-refractivity contribution in [3.8, 4) is 0 Å². The highest BCUT2D eigenvalue weighted by molar-refractivity contribution is 9.10. The van der Waals surface area contributed by atoms with Gasteiger partial charge in [-0.05, 0) is 47.1 Å². The van der Waals surface area contributed by atoms with Gasteiger partial charge in [-0.15, -0.1) is 0 Å². The molecule has 1 aliphatic heterocycles. The zero-order valence-corrected chi connectivity index (χ0v) is 16.4. The average Bonchev–Trinajstić information content (AvgIpc) is 3.07. The van der Waals surface area contributed by atoms with E-state index in [-0.39, 0.29) is 48.5 Å². The Balaban J connectivity index is 1.68. The number of rotatable bonds is 4. The van der Waals surface area contributed by atoms with Crippen molar-refractivity contribution in [2.45, 2.75) is 11.8 Å². The predicted octanol–water partition coefficient (Wildman–Crippen LogP) is 2.39. The van der Waals surface area contributed by atoms with Gasteiger partial charge in [-0.2, -0.15) is 4.31 Å². The third-order valence-corrected chi connectivity index (χ3v) is 6.55. The highest BCUT2D eigenvalue weighted by atomic mass is 79.9. The van der Waals surface area contributed by atoms with Crippen LogP contribution in [0.15, 0.2) is 50.4 Å². The Hall–Kier alpha value is -1.97. The lowest BCUT2D eigenvalue weighted by Crippen LogP contribution is -2.50. The molecule has 0 aliphatic carbocycles. The molecule has 3 rings (SSSR count). The van der Waals surface area contributed by atoms with Gasteiger partial charge in [0.05, 0.1) is 4.90 Å². The first kappa shape index (κ1) is 18.8. The number of benzene rings is 1. The minimum absolute atomic E-state index is 0.120. The van der Waals surface area contributed by atoms with Crippen LogP contribution in [0.5, 0.6) is 0 Å². The SMILES string of the molecule is CC(=O)c1ccc(S(=O)(=O)N2CCN(C(=O)c3ccc(Br)o3)CC2)cc1. The van der Waals surface area contributed by atoms with Crippen LogP contribution in [0.4, 0.5) is 0 Å². The molecule has 0 spiro atoms. The third kappa shape index (κ3) is 3.74. The van der Waals surface area contributed by atoms with E-state index in [2.05, 4.69) is 15.9 Å². The van der Waals surface area contributed by atoms with E-state index in [1.807, 2.05) is 0 Å². The summed E-state index contributed by atoms with van der Waals surface area (Å²) in [5, 5.41) is 0. The van der Waals surface area contributed by atoms with Crippen molar-refractivity contribution in [3.05, 3.63) is 52.4 Å². The van der Waals surface area contributed by atoms with Gasteiger partial charge in [-0.1, -0.05) is 12.1 Å². The Morgan fingerprint density at radius 1 is 1.00 bits per heavy atom. The lowest BCUT2D eigenvalue weighted by Gasteiger charge is -2.33. The molecular formula is C17H17BrN2O5S. The molecule has 0 N–H and O–H groups in total. The first-order valence-electron chi connectivity index (χ1n) is 7.95. The normalized spacial score (nSPS) is 15.8. The summed E-state index contributed by atoms with van der Waals surface area (Å²) in [5.41, 5.74) is 0.462. The number of carbonyl (C=O) groups is 2. The highest BCUT2D eigenvalue weighted by Gasteiger charge is 2.31. The molecule has 1 aromatic heterocycles. The number of halogens is 1. The monoisotopic (exact) mass is 440 g/mol. The van der Waals surface area contributed by atoms with Crippen molar-refractivity contribution in [2.75, 3.05) is 26.2 Å². The number of sulfonamides is 1. The summed E-state index contributed by atoms with van der Waals surface area (Å²) in [7, 11) is -3.66. The van der Waals surface area contributed by atoms with Crippen LogP contribution in [0, 0.1) is 0 Å². The summed E-state index contributed by atoms with van der Waals surface area (Å²) in [5.74, 6) is -0.169. The van der Waals surface area contributed by atoms with Crippen LogP contribution in [0.25, 0.3) is 0 Å². The molecule has 9 heteroatoms. The molecule has 0 unspecified atom stereocenters. The van der Waals surface area contributed by atoms with E-state index >= 15 is 0 Å². The summed E-state index contributed by atoms with van der Waals surface area (Å²) in [6, 6.07) is 9.09. The van der Waals surface area contributed by atoms with Crippen LogP contribution >= 0.6 is 15.9 Å². The first-order chi connectivity index (χ1) is 12.3. The molecule has 2 aromatic rings. The molecule has 1 aliphatic rings. The van der Waals surface area contributed by atoms with Crippen molar-refractivity contribution < 1.29 is 22.4 Å². The molecule has 0 radical (unpaired) electrons. The van der Waals surface area contributed by atoms with Gasteiger partial charge in [0, 0.05) is 31.7 Å². The van der Waals surface area contributed by atoms with Crippen molar-refractivity contribution in [1.29, 1.82) is 0 Å². The van der Waals surface area contributed by atoms with Crippen LogP contribution in [-0.4, -0.2) is 55.5 Å². The summed E-state index contributed by atoms with van der Waals surface area (Å²) < 4.78 is 32.5. The van der Waals surface area contributed by atoms with E-state index in [1.165, 1.54) is 35.5 Å². The fraction of sp³-hybridized carbons (Fsp3) is 0.294. The largest absolute Gasteiger partial charge is 0.444 e. The fourth-order valence-corrected chi connectivity index (χ4v) is 4.46. The molecule has 0 bridgehead atoms. The van der Waals surface area contributed by atoms with Crippen molar-refractivity contribution in [3.63, 3.8) is 0 Å². The number of ketones is 1. The van der Waals surface area contributed by atoms with Gasteiger partial charge >= 0.3 is 0 Å². The van der Waals surface area contributed by atoms with Gasteiger partial charge in [0.25, 0.3) is 5.91 Å². The van der Waals surface area contributed by atoms with Gasteiger partial charge in [0.15, 0.2) is 16.2 Å². The van der Waals surface area contributed by atoms with E-state index in [9.17, 15) is 18.0 Å². The Kier molecular flexibility index (Phi) is 5.31. The van der Waals surface area contributed by atoms with E-state index in [0.29, 0.717) is 10.2 Å². The minimum Gasteiger partial charge on any atom is -0.444 e. The van der Waals surface area contributed by atoms with Crippen LogP contribution in [0.2, 0.25) is 0 Å². The van der Waals surface area contributed by atoms with Gasteiger partial charge in [0.1, 0.15) is 0 Å². The minimum atomic E-state index is -3.66. The Morgan fingerprint density at radius 3 is 2.12 bits per heavy atom. The van der Waals surface area contributed by atoms with Crippen molar-refractivity contribution >= 4 is 37.6 Å². The third-order valence-electron chi connectivity index (χ3n) is 4.21. The van der Waals surface area contributed by atoms with Crippen molar-refractivity contribution in [2.24, 2.45) is 0 Å². The van der Waals surface area contributed by atoms with Gasteiger partial charge in [-0.25, -0.2) is 8.42 Å². The zero-order chi connectivity index (χ0) is 18.9. The van der Waals surface area contributed by atoms with E-state index in [0.717, 1.165) is 0 Å². The maximum atomic E-state index is 12.7. The van der Waals surface area contributed by atoms with E-state index in [1.54, 1.807) is 17.0 Å². The number of Topliss-reactive ketones (excluding diaryl/α,β-unsaturated/α-hetero) is 1. The second-order valence-corrected chi connectivity index (χ2v) is 8.60. The number of hydrogen-bond donors (Lipinski definition) is 0. The fourth-order valence-electron chi connectivity index (χ4n) is 2.73. The number of piperazine rings is 1. The molecule has 1 aromatic carbocycles. The Labute approximate surface area is 159 Å². The molecule has 0 saturated carbocycles. The second kappa shape index (κ2) is 7.34. The molecular weight excluding hydrogens is 424 g/mol. The lowest BCUT2D eigenvalue weighted by atomic mass is 10.2. The van der Waals surface area contributed by atoms with Gasteiger partial charge in [-0.3, -0.25) is 9.59 Å². The zero-order valence-electron chi connectivity index (χ0n) is 14.0. The number of nitrogens with zero attached hydrogens (tertiary/aromatic N) is 2. The molecule has 7 nitrogen and oxygen atoms in total. The number of hydrogen-bond acceptors (Lipinski definition) is 5. The van der Waals surface area contributed by atoms with Crippen molar-refractivity contribution in [1.82, 2.24) is 9.21 Å². The maximum Gasteiger partial charge on any atom is 0.289 e. The first-order valence-corrected chi connectivity index (χ1v) is 10.2. The van der Waals surface area contributed by atoms with Gasteiger partial charge < -0.3 is 9.32 Å². The lowest BCUT2D eigenvalue weighted by molar-refractivity contribution is 0.0664. The van der Waals surface area contributed by atoms with Crippen LogP contribution in [-0.2, 0) is 10.0 Å². The summed E-state index contributed by atoms with van der Waals surface area (Å²) in [4.78, 5) is 25.4. The van der Waals surface area contributed by atoms with E-state index in [4.69, 9.17) is 4.42 Å². The Bertz CT molecular complexity index is 928. The average molecular weight is 441 g/mol. The topological polar surface area (TPSA) is 87.9 Å². The summed E-state index contributed by atoms with van der Waals surface area (Å²) >= 11 is 3.15. The second-order valence-electron chi connectivity index (χ2n) is 5.88. The van der Waals surface area contributed by atoms with Crippen LogP contribution < -0.4 is 0 Å². The predicted molar refractivity (Wildman–Crippen MR) is 97.5 cm³/mol. The maximum absolute atomic E-state index is 12.7. The number of furan rings is 1. The smallest absolute Gasteiger partial charge is 0.289 e. The van der Waals surface area contributed by atoms with E-state index < -0.39 is 10.0 Å². The van der Waals surface area contributed by atoms with Gasteiger partial charge in [0.2, 0.25) is 10.0 Å². The number of carbonyl (C=O) groups excluding carboxylic acids is 2. The molecule has 1 saturated heterocycles. The molecule has 0 atom stereocenters. The Morgan fingerprint density at radius 2 is 1.62 bits per heavy atom. The molecule has 1 fully saturated rings. The van der Waals surface area contributed by atoms with Crippen LogP contribution in [0.3, 0.4) is 0 Å². The number of amides is 1. The summed E-state index contributed by atoms with van der Waals surface area (Å²) in [6.07, 6.45) is 0. The summed E-state index contributed by atoms with van der Waals surface area (Å²) in [6.45, 7) is 2.38. The quantitative estimate of drug-likeness (QED) is 0.680. The molecule has 138 valence electrons. The van der Waals surface area contributed by atoms with Crippen LogP contribution in [0.1, 0.15) is 27.8 Å². The highest BCUT2D eigenvalue weighted by Crippen LogP contribution is 2.20. The molecule has 2 heterocycles. The molecule has 1 amide bonds.